The zero-order valence-corrected chi connectivity index (χ0v) is 14.1. The van der Waals surface area contributed by atoms with Gasteiger partial charge in [-0.2, -0.15) is 0 Å². The molecule has 1 amide bonds. The number of nitrogen functional groups attached to an aromatic ring is 1. The molecule has 4 nitrogen and oxygen atoms in total. The Labute approximate surface area is 141 Å². The normalized spacial score (nSPS) is 21.4. The summed E-state index contributed by atoms with van der Waals surface area (Å²) in [6, 6.07) is 9.16. The molecule has 1 aliphatic heterocycles. The van der Waals surface area contributed by atoms with Gasteiger partial charge in [0.2, 0.25) is 0 Å². The molecule has 0 spiro atoms. The molecule has 2 N–H and O–H groups in total. The molecule has 1 fully saturated rings. The lowest BCUT2D eigenvalue weighted by Gasteiger charge is -2.38. The third-order valence-corrected chi connectivity index (χ3v) is 4.83. The maximum atomic E-state index is 12.8. The summed E-state index contributed by atoms with van der Waals surface area (Å²) in [6.07, 6.45) is 3.23. The molecule has 1 saturated heterocycles. The van der Waals surface area contributed by atoms with Gasteiger partial charge < -0.3 is 15.1 Å². The van der Waals surface area contributed by atoms with Crippen molar-refractivity contribution >= 4 is 23.2 Å². The Bertz CT molecular complexity index is 716. The molecule has 2 atom stereocenters. The molecule has 1 aromatic carbocycles. The van der Waals surface area contributed by atoms with Gasteiger partial charge in [0.1, 0.15) is 5.76 Å². The van der Waals surface area contributed by atoms with Gasteiger partial charge in [-0.25, -0.2) is 0 Å². The molecule has 0 bridgehead atoms. The first-order valence-electron chi connectivity index (χ1n) is 7.95. The SMILES string of the molecule is C[C@@H]1CCC[C@H](C)N1C(=O)c1ccc(-c2cc(N)ccc2Cl)o1. The number of likely N-dealkylation sites (tertiary alicyclic amines) is 1. The summed E-state index contributed by atoms with van der Waals surface area (Å²) in [5.74, 6) is 0.845. The number of hydrogen-bond acceptors (Lipinski definition) is 3. The highest BCUT2D eigenvalue weighted by Crippen LogP contribution is 2.32. The fraction of sp³-hybridized carbons (Fsp3) is 0.389. The van der Waals surface area contributed by atoms with Gasteiger partial charge in [-0.05, 0) is 63.4 Å². The molecule has 0 radical (unpaired) electrons. The summed E-state index contributed by atoms with van der Waals surface area (Å²) in [7, 11) is 0. The number of rotatable bonds is 2. The van der Waals surface area contributed by atoms with Gasteiger partial charge in [-0.15, -0.1) is 0 Å². The smallest absolute Gasteiger partial charge is 0.290 e. The van der Waals surface area contributed by atoms with Crippen LogP contribution in [0.25, 0.3) is 11.3 Å². The van der Waals surface area contributed by atoms with E-state index in [1.54, 1.807) is 30.3 Å². The average Bonchev–Trinajstić information content (AvgIpc) is 2.99. The van der Waals surface area contributed by atoms with Crippen molar-refractivity contribution in [1.82, 2.24) is 4.90 Å². The van der Waals surface area contributed by atoms with E-state index in [4.69, 9.17) is 21.8 Å². The Hall–Kier alpha value is -1.94. The number of carbonyl (C=O) groups is 1. The van der Waals surface area contributed by atoms with E-state index in [0.29, 0.717) is 27.8 Å². The largest absolute Gasteiger partial charge is 0.451 e. The van der Waals surface area contributed by atoms with E-state index in [2.05, 4.69) is 13.8 Å². The second kappa shape index (κ2) is 6.28. The topological polar surface area (TPSA) is 59.5 Å². The van der Waals surface area contributed by atoms with Crippen LogP contribution in [0, 0.1) is 0 Å². The van der Waals surface area contributed by atoms with Crippen molar-refractivity contribution in [3.8, 4) is 11.3 Å². The molecule has 23 heavy (non-hydrogen) atoms. The van der Waals surface area contributed by atoms with Crippen molar-refractivity contribution in [1.29, 1.82) is 0 Å². The molecule has 2 heterocycles. The van der Waals surface area contributed by atoms with Gasteiger partial charge in [-0.3, -0.25) is 4.79 Å². The van der Waals surface area contributed by atoms with Crippen LogP contribution in [0.3, 0.4) is 0 Å². The molecule has 1 aliphatic rings. The molecule has 2 aromatic rings. The van der Waals surface area contributed by atoms with Gasteiger partial charge in [0, 0.05) is 23.3 Å². The Morgan fingerprint density at radius 1 is 1.22 bits per heavy atom. The molecule has 0 unspecified atom stereocenters. The van der Waals surface area contributed by atoms with E-state index in [0.717, 1.165) is 19.3 Å². The maximum Gasteiger partial charge on any atom is 0.290 e. The van der Waals surface area contributed by atoms with Crippen LogP contribution in [0.2, 0.25) is 5.02 Å². The molecular formula is C18H21ClN2O2. The second-order valence-electron chi connectivity index (χ2n) is 6.24. The van der Waals surface area contributed by atoms with Crippen LogP contribution >= 0.6 is 11.6 Å². The first-order valence-corrected chi connectivity index (χ1v) is 8.33. The monoisotopic (exact) mass is 332 g/mol. The van der Waals surface area contributed by atoms with Gasteiger partial charge >= 0.3 is 0 Å². The van der Waals surface area contributed by atoms with Crippen LogP contribution in [0.15, 0.2) is 34.7 Å². The number of carbonyl (C=O) groups excluding carboxylic acids is 1. The van der Waals surface area contributed by atoms with Gasteiger partial charge in [0.05, 0.1) is 5.02 Å². The lowest BCUT2D eigenvalue weighted by atomic mass is 9.97. The van der Waals surface area contributed by atoms with Crippen molar-refractivity contribution in [2.75, 3.05) is 5.73 Å². The van der Waals surface area contributed by atoms with Gasteiger partial charge in [-0.1, -0.05) is 11.6 Å². The van der Waals surface area contributed by atoms with Crippen molar-refractivity contribution in [3.63, 3.8) is 0 Å². The number of piperidine rings is 1. The Morgan fingerprint density at radius 2 is 1.91 bits per heavy atom. The first-order chi connectivity index (χ1) is 11.0. The number of hydrogen-bond donors (Lipinski definition) is 1. The van der Waals surface area contributed by atoms with E-state index >= 15 is 0 Å². The third-order valence-electron chi connectivity index (χ3n) is 4.50. The highest BCUT2D eigenvalue weighted by molar-refractivity contribution is 6.33. The molecule has 1 aromatic heterocycles. The van der Waals surface area contributed by atoms with Crippen LogP contribution in [0.4, 0.5) is 5.69 Å². The number of benzene rings is 1. The van der Waals surface area contributed by atoms with E-state index < -0.39 is 0 Å². The minimum atomic E-state index is -0.0593. The van der Waals surface area contributed by atoms with Crippen LogP contribution in [0.5, 0.6) is 0 Å². The summed E-state index contributed by atoms with van der Waals surface area (Å²) in [5, 5.41) is 0.548. The number of anilines is 1. The molecule has 3 rings (SSSR count). The summed E-state index contributed by atoms with van der Waals surface area (Å²) in [6.45, 7) is 4.18. The molecule has 0 saturated carbocycles. The summed E-state index contributed by atoms with van der Waals surface area (Å²) >= 11 is 6.20. The summed E-state index contributed by atoms with van der Waals surface area (Å²) in [5.41, 5.74) is 7.11. The highest BCUT2D eigenvalue weighted by atomic mass is 35.5. The van der Waals surface area contributed by atoms with Crippen molar-refractivity contribution in [2.45, 2.75) is 45.2 Å². The van der Waals surface area contributed by atoms with Crippen molar-refractivity contribution in [3.05, 3.63) is 41.1 Å². The van der Waals surface area contributed by atoms with Crippen LogP contribution < -0.4 is 5.73 Å². The molecule has 122 valence electrons. The van der Waals surface area contributed by atoms with E-state index in [-0.39, 0.29) is 18.0 Å². The minimum absolute atomic E-state index is 0.0593. The quantitative estimate of drug-likeness (QED) is 0.818. The Kier molecular flexibility index (Phi) is 4.35. The van der Waals surface area contributed by atoms with Crippen LogP contribution in [-0.4, -0.2) is 22.9 Å². The van der Waals surface area contributed by atoms with Gasteiger partial charge in [0.25, 0.3) is 5.91 Å². The first kappa shape index (κ1) is 15.9. The predicted octanol–water partition coefficient (Wildman–Crippen LogP) is 4.59. The zero-order valence-electron chi connectivity index (χ0n) is 13.4. The number of amides is 1. The average molecular weight is 333 g/mol. The van der Waals surface area contributed by atoms with E-state index in [1.807, 2.05) is 4.90 Å². The van der Waals surface area contributed by atoms with E-state index in [1.165, 1.54) is 0 Å². The maximum absolute atomic E-state index is 12.8. The number of halogens is 1. The zero-order chi connectivity index (χ0) is 16.6. The summed E-state index contributed by atoms with van der Waals surface area (Å²) < 4.78 is 5.79. The predicted molar refractivity (Wildman–Crippen MR) is 92.5 cm³/mol. The second-order valence-corrected chi connectivity index (χ2v) is 6.65. The molecular weight excluding hydrogens is 312 g/mol. The van der Waals surface area contributed by atoms with E-state index in [9.17, 15) is 4.79 Å². The molecule has 0 aliphatic carbocycles. The van der Waals surface area contributed by atoms with Crippen LogP contribution in [-0.2, 0) is 0 Å². The van der Waals surface area contributed by atoms with Crippen LogP contribution in [0.1, 0.15) is 43.7 Å². The number of nitrogens with zero attached hydrogens (tertiary/aromatic N) is 1. The minimum Gasteiger partial charge on any atom is -0.451 e. The van der Waals surface area contributed by atoms with Crippen molar-refractivity contribution < 1.29 is 9.21 Å². The third kappa shape index (κ3) is 3.08. The lowest BCUT2D eigenvalue weighted by molar-refractivity contribution is 0.0479. The van der Waals surface area contributed by atoms with Gasteiger partial charge in [0.15, 0.2) is 5.76 Å². The number of furan rings is 1. The Morgan fingerprint density at radius 3 is 2.61 bits per heavy atom. The lowest BCUT2D eigenvalue weighted by Crippen LogP contribution is -2.47. The van der Waals surface area contributed by atoms with Crippen molar-refractivity contribution in [2.24, 2.45) is 0 Å². The number of nitrogens with two attached hydrogens (primary N) is 1. The summed E-state index contributed by atoms with van der Waals surface area (Å²) in [4.78, 5) is 14.7. The fourth-order valence-electron chi connectivity index (χ4n) is 3.28. The highest BCUT2D eigenvalue weighted by Gasteiger charge is 2.31. The molecule has 5 heteroatoms. The fourth-order valence-corrected chi connectivity index (χ4v) is 3.49. The Balaban J connectivity index is 1.89. The standard InChI is InChI=1S/C18H21ClN2O2/c1-11-4-3-5-12(2)21(11)18(22)17-9-8-16(23-17)14-10-13(20)6-7-15(14)19/h6-12H,3-5,20H2,1-2H3/t11-,12+.